The van der Waals surface area contributed by atoms with Gasteiger partial charge in [-0.3, -0.25) is 0 Å². The molecular formula is C12H27NO. The Hall–Kier alpha value is -0.0800. The van der Waals surface area contributed by atoms with E-state index in [1.54, 1.807) is 0 Å². The molecule has 2 heteroatoms. The first-order chi connectivity index (χ1) is 6.52. The molecule has 0 fully saturated rings. The van der Waals surface area contributed by atoms with Gasteiger partial charge < -0.3 is 10.1 Å². The monoisotopic (exact) mass is 201 g/mol. The number of hydrogen-bond acceptors (Lipinski definition) is 2. The molecule has 0 aromatic carbocycles. The van der Waals surface area contributed by atoms with Crippen molar-refractivity contribution < 1.29 is 4.74 Å². The summed E-state index contributed by atoms with van der Waals surface area (Å²) in [6, 6.07) is 0. The fraction of sp³-hybridized carbons (Fsp3) is 1.00. The Bertz CT molecular complexity index is 109. The Kier molecular flexibility index (Phi) is 8.20. The maximum absolute atomic E-state index is 5.51. The Morgan fingerprint density at radius 3 is 2.14 bits per heavy atom. The van der Waals surface area contributed by atoms with Gasteiger partial charge in [-0.1, -0.05) is 20.8 Å². The van der Waals surface area contributed by atoms with Crippen LogP contribution < -0.4 is 5.32 Å². The third kappa shape index (κ3) is 10.0. The summed E-state index contributed by atoms with van der Waals surface area (Å²) in [5, 5.41) is 3.47. The molecular weight excluding hydrogens is 174 g/mol. The third-order valence-corrected chi connectivity index (χ3v) is 2.11. The molecule has 0 saturated heterocycles. The lowest BCUT2D eigenvalue weighted by Crippen LogP contribution is -2.26. The van der Waals surface area contributed by atoms with Crippen LogP contribution in [0.1, 0.15) is 41.0 Å². The van der Waals surface area contributed by atoms with E-state index in [2.05, 4.69) is 39.9 Å². The highest BCUT2D eigenvalue weighted by Crippen LogP contribution is 2.02. The lowest BCUT2D eigenvalue weighted by atomic mass is 10.1. The van der Waals surface area contributed by atoms with Gasteiger partial charge in [-0.15, -0.1) is 0 Å². The molecule has 0 heterocycles. The first-order valence-electron chi connectivity index (χ1n) is 5.84. The summed E-state index contributed by atoms with van der Waals surface area (Å²) in [6.45, 7) is 14.0. The molecule has 0 spiro atoms. The van der Waals surface area contributed by atoms with Crippen molar-refractivity contribution >= 4 is 0 Å². The maximum Gasteiger partial charge on any atom is 0.0518 e. The van der Waals surface area contributed by atoms with E-state index in [-0.39, 0.29) is 0 Å². The van der Waals surface area contributed by atoms with Gasteiger partial charge in [0.2, 0.25) is 0 Å². The van der Waals surface area contributed by atoms with Crippen LogP contribution in [0.5, 0.6) is 0 Å². The second-order valence-corrected chi connectivity index (χ2v) is 4.87. The summed E-state index contributed by atoms with van der Waals surface area (Å²) in [5.41, 5.74) is 0. The molecule has 14 heavy (non-hydrogen) atoms. The van der Waals surface area contributed by atoms with Crippen molar-refractivity contribution in [1.29, 1.82) is 0 Å². The maximum atomic E-state index is 5.51. The molecule has 0 aromatic rings. The molecule has 0 amide bonds. The zero-order chi connectivity index (χ0) is 11.0. The van der Waals surface area contributed by atoms with E-state index in [1.807, 2.05) is 0 Å². The lowest BCUT2D eigenvalue weighted by Gasteiger charge is -2.14. The summed E-state index contributed by atoms with van der Waals surface area (Å²) in [4.78, 5) is 0. The van der Waals surface area contributed by atoms with Crippen molar-refractivity contribution in [2.24, 2.45) is 11.8 Å². The van der Waals surface area contributed by atoms with Crippen LogP contribution >= 0.6 is 0 Å². The van der Waals surface area contributed by atoms with Crippen LogP contribution in [0.4, 0.5) is 0 Å². The van der Waals surface area contributed by atoms with E-state index >= 15 is 0 Å². The molecule has 0 saturated carbocycles. The van der Waals surface area contributed by atoms with Gasteiger partial charge in [-0.2, -0.15) is 0 Å². The Balaban J connectivity index is 3.23. The minimum atomic E-state index is 0.367. The number of nitrogens with one attached hydrogen (secondary N) is 1. The second kappa shape index (κ2) is 8.25. The largest absolute Gasteiger partial charge is 0.379 e. The van der Waals surface area contributed by atoms with Crippen LogP contribution in [-0.4, -0.2) is 25.8 Å². The predicted molar refractivity (Wildman–Crippen MR) is 62.6 cm³/mol. The van der Waals surface area contributed by atoms with E-state index in [1.165, 1.54) is 0 Å². The fourth-order valence-corrected chi connectivity index (χ4v) is 1.23. The minimum Gasteiger partial charge on any atom is -0.379 e. The van der Waals surface area contributed by atoms with Gasteiger partial charge in [0, 0.05) is 6.61 Å². The highest BCUT2D eigenvalue weighted by molar-refractivity contribution is 4.58. The Labute approximate surface area is 89.4 Å². The molecule has 0 aliphatic rings. The highest BCUT2D eigenvalue weighted by Gasteiger charge is 2.03. The first-order valence-corrected chi connectivity index (χ1v) is 5.84. The lowest BCUT2D eigenvalue weighted by molar-refractivity contribution is 0.0696. The molecule has 0 aliphatic heterocycles. The smallest absolute Gasteiger partial charge is 0.0518 e. The molecule has 0 rings (SSSR count). The van der Waals surface area contributed by atoms with E-state index in [0.717, 1.165) is 32.0 Å². The van der Waals surface area contributed by atoms with Gasteiger partial charge in [0.1, 0.15) is 0 Å². The molecule has 0 aromatic heterocycles. The van der Waals surface area contributed by atoms with Crippen LogP contribution in [0.15, 0.2) is 0 Å². The van der Waals surface area contributed by atoms with Crippen molar-refractivity contribution in [3.8, 4) is 0 Å². The minimum absolute atomic E-state index is 0.367. The normalized spacial score (nSPS) is 13.9. The highest BCUT2D eigenvalue weighted by atomic mass is 16.5. The van der Waals surface area contributed by atoms with E-state index in [9.17, 15) is 0 Å². The van der Waals surface area contributed by atoms with Gasteiger partial charge in [0.05, 0.1) is 6.10 Å². The molecule has 0 bridgehead atoms. The summed E-state index contributed by atoms with van der Waals surface area (Å²) in [7, 11) is 0. The van der Waals surface area contributed by atoms with Crippen LogP contribution in [0.3, 0.4) is 0 Å². The van der Waals surface area contributed by atoms with Crippen LogP contribution in [-0.2, 0) is 4.74 Å². The van der Waals surface area contributed by atoms with Gasteiger partial charge >= 0.3 is 0 Å². The molecule has 2 nitrogen and oxygen atoms in total. The zero-order valence-electron chi connectivity index (χ0n) is 10.5. The predicted octanol–water partition coefficient (Wildman–Crippen LogP) is 2.68. The molecule has 1 N–H and O–H groups in total. The average molecular weight is 201 g/mol. The van der Waals surface area contributed by atoms with Crippen molar-refractivity contribution in [1.82, 2.24) is 5.32 Å². The van der Waals surface area contributed by atoms with Gasteiger partial charge in [-0.05, 0) is 45.2 Å². The molecule has 1 unspecified atom stereocenters. The summed E-state index contributed by atoms with van der Waals surface area (Å²) >= 11 is 0. The summed E-state index contributed by atoms with van der Waals surface area (Å²) in [6.07, 6.45) is 1.52. The van der Waals surface area contributed by atoms with Crippen molar-refractivity contribution in [3.05, 3.63) is 0 Å². The van der Waals surface area contributed by atoms with Crippen LogP contribution in [0, 0.1) is 11.8 Å². The van der Waals surface area contributed by atoms with Crippen molar-refractivity contribution in [2.45, 2.75) is 47.1 Å². The number of rotatable bonds is 8. The fourth-order valence-electron chi connectivity index (χ4n) is 1.23. The number of ether oxygens (including phenoxy) is 1. The quantitative estimate of drug-likeness (QED) is 0.652. The molecule has 86 valence electrons. The summed E-state index contributed by atoms with van der Waals surface area (Å²) in [5.74, 6) is 1.46. The van der Waals surface area contributed by atoms with E-state index < -0.39 is 0 Å². The summed E-state index contributed by atoms with van der Waals surface area (Å²) < 4.78 is 5.51. The first kappa shape index (κ1) is 13.9. The van der Waals surface area contributed by atoms with Gasteiger partial charge in [-0.25, -0.2) is 0 Å². The van der Waals surface area contributed by atoms with E-state index in [4.69, 9.17) is 4.74 Å². The number of hydrogen-bond donors (Lipinski definition) is 1. The topological polar surface area (TPSA) is 21.3 Å². The van der Waals surface area contributed by atoms with Gasteiger partial charge in [0.25, 0.3) is 0 Å². The van der Waals surface area contributed by atoms with E-state index in [0.29, 0.717) is 12.0 Å². The van der Waals surface area contributed by atoms with Crippen LogP contribution in [0.2, 0.25) is 0 Å². The molecule has 0 radical (unpaired) electrons. The second-order valence-electron chi connectivity index (χ2n) is 4.87. The third-order valence-electron chi connectivity index (χ3n) is 2.11. The standard InChI is InChI=1S/C12H27NO/c1-10(2)8-13-9-12(5)6-7-14-11(3)4/h10-13H,6-9H2,1-5H3. The Morgan fingerprint density at radius 1 is 1.00 bits per heavy atom. The van der Waals surface area contributed by atoms with Crippen LogP contribution in [0.25, 0.3) is 0 Å². The van der Waals surface area contributed by atoms with Gasteiger partial charge in [0.15, 0.2) is 0 Å². The Morgan fingerprint density at radius 2 is 1.64 bits per heavy atom. The molecule has 1 atom stereocenters. The molecule has 0 aliphatic carbocycles. The van der Waals surface area contributed by atoms with Crippen molar-refractivity contribution in [2.75, 3.05) is 19.7 Å². The average Bonchev–Trinajstić information content (AvgIpc) is 2.02. The SMILES string of the molecule is CC(C)CNCC(C)CCOC(C)C. The van der Waals surface area contributed by atoms with Crippen molar-refractivity contribution in [3.63, 3.8) is 0 Å². The zero-order valence-corrected chi connectivity index (χ0v) is 10.5.